The number of hydrogen-bond acceptors (Lipinski definition) is 7. The van der Waals surface area contributed by atoms with Crippen molar-refractivity contribution in [2.75, 3.05) is 30.3 Å². The van der Waals surface area contributed by atoms with E-state index in [1.165, 1.54) is 10.7 Å². The summed E-state index contributed by atoms with van der Waals surface area (Å²) in [6.07, 6.45) is 3.64. The fraction of sp³-hybridized carbons (Fsp3) is 0.303. The van der Waals surface area contributed by atoms with Crippen LogP contribution in [0.15, 0.2) is 60.9 Å². The highest BCUT2D eigenvalue weighted by Crippen LogP contribution is 2.40. The molecule has 254 valence electrons. The molecular formula is C33H33Cl2FN4O7S. The van der Waals surface area contributed by atoms with E-state index in [9.17, 15) is 18.0 Å². The van der Waals surface area contributed by atoms with Crippen LogP contribution in [-0.4, -0.2) is 66.1 Å². The summed E-state index contributed by atoms with van der Waals surface area (Å²) in [7, 11) is -4.27. The van der Waals surface area contributed by atoms with Gasteiger partial charge in [0.05, 0.1) is 37.2 Å². The molecule has 2 N–H and O–H groups in total. The Morgan fingerprint density at radius 1 is 1.17 bits per heavy atom. The van der Waals surface area contributed by atoms with Crippen LogP contribution in [0.1, 0.15) is 41.3 Å². The molecule has 0 radical (unpaired) electrons. The van der Waals surface area contributed by atoms with E-state index in [2.05, 4.69) is 10.4 Å². The van der Waals surface area contributed by atoms with E-state index in [1.54, 1.807) is 29.4 Å². The number of hydrogen-bond donors (Lipinski definition) is 2. The molecule has 2 heterocycles. The SMILES string of the molecule is Cc1c(Cl)cccc1OC(C)CC(=O)N1CCCOc2c(-c3cnn(Cc4c(F)cc(C(=O)NCCS(=O)(=O)O)cc4Cl)c3)cccc21. The smallest absolute Gasteiger partial charge is 0.266 e. The van der Waals surface area contributed by atoms with Crippen molar-refractivity contribution in [3.8, 4) is 22.6 Å². The highest BCUT2D eigenvalue weighted by atomic mass is 35.5. The summed E-state index contributed by atoms with van der Waals surface area (Å²) in [4.78, 5) is 27.6. The minimum absolute atomic E-state index is 0.0261. The van der Waals surface area contributed by atoms with Gasteiger partial charge < -0.3 is 19.7 Å². The summed E-state index contributed by atoms with van der Waals surface area (Å²) in [5, 5.41) is 7.24. The number of fused-ring (bicyclic) bond motifs is 1. The third-order valence-electron chi connectivity index (χ3n) is 7.68. The monoisotopic (exact) mass is 718 g/mol. The molecule has 1 aliphatic heterocycles. The quantitative estimate of drug-likeness (QED) is 0.182. The molecule has 0 bridgehead atoms. The zero-order valence-electron chi connectivity index (χ0n) is 26.1. The van der Waals surface area contributed by atoms with E-state index in [0.717, 1.165) is 11.6 Å². The van der Waals surface area contributed by atoms with Gasteiger partial charge in [0.2, 0.25) is 5.91 Å². The molecule has 4 aromatic rings. The number of para-hydroxylation sites is 1. The second kappa shape index (κ2) is 14.9. The Bertz CT molecular complexity index is 1930. The maximum absolute atomic E-state index is 15.1. The molecule has 1 aliphatic rings. The first-order chi connectivity index (χ1) is 22.8. The van der Waals surface area contributed by atoms with Gasteiger partial charge in [-0.3, -0.25) is 18.8 Å². The molecule has 48 heavy (non-hydrogen) atoms. The normalized spacial score (nSPS) is 13.7. The molecular weight excluding hydrogens is 686 g/mol. The Labute approximate surface area is 287 Å². The van der Waals surface area contributed by atoms with Crippen molar-refractivity contribution in [2.45, 2.75) is 39.3 Å². The Balaban J connectivity index is 1.31. The average molecular weight is 720 g/mol. The number of nitrogens with zero attached hydrogens (tertiary/aromatic N) is 3. The number of nitrogens with one attached hydrogen (secondary N) is 1. The van der Waals surface area contributed by atoms with Gasteiger partial charge >= 0.3 is 0 Å². The van der Waals surface area contributed by atoms with Crippen molar-refractivity contribution in [3.05, 3.63) is 93.5 Å². The van der Waals surface area contributed by atoms with Crippen LogP contribution >= 0.6 is 23.2 Å². The predicted octanol–water partition coefficient (Wildman–Crippen LogP) is 5.94. The van der Waals surface area contributed by atoms with Gasteiger partial charge in [-0.1, -0.05) is 41.4 Å². The molecule has 0 fully saturated rings. The first kappa shape index (κ1) is 35.1. The number of carbonyl (C=O) groups is 2. The summed E-state index contributed by atoms with van der Waals surface area (Å²) in [6.45, 7) is 4.14. The van der Waals surface area contributed by atoms with Crippen LogP contribution in [0, 0.1) is 12.7 Å². The summed E-state index contributed by atoms with van der Waals surface area (Å²) in [5.41, 5.74) is 2.76. The van der Waals surface area contributed by atoms with Gasteiger partial charge in [-0.05, 0) is 50.6 Å². The van der Waals surface area contributed by atoms with Crippen LogP contribution in [0.3, 0.4) is 0 Å². The average Bonchev–Trinajstić information content (AvgIpc) is 3.37. The second-order valence-electron chi connectivity index (χ2n) is 11.3. The van der Waals surface area contributed by atoms with Gasteiger partial charge in [0.1, 0.15) is 17.7 Å². The molecule has 0 saturated carbocycles. The third-order valence-corrected chi connectivity index (χ3v) is 9.15. The summed E-state index contributed by atoms with van der Waals surface area (Å²) in [5.74, 6) is -1.16. The fourth-order valence-corrected chi connectivity index (χ4v) is 6.05. The first-order valence-electron chi connectivity index (χ1n) is 15.0. The number of rotatable bonds is 11. The highest BCUT2D eigenvalue weighted by Gasteiger charge is 2.27. The lowest BCUT2D eigenvalue weighted by molar-refractivity contribution is -0.120. The highest BCUT2D eigenvalue weighted by molar-refractivity contribution is 7.85. The number of anilines is 1. The van der Waals surface area contributed by atoms with Crippen LogP contribution < -0.4 is 19.7 Å². The number of amides is 2. The summed E-state index contributed by atoms with van der Waals surface area (Å²) in [6, 6.07) is 13.2. The lowest BCUT2D eigenvalue weighted by Crippen LogP contribution is -2.34. The third kappa shape index (κ3) is 8.45. The Kier molecular flexibility index (Phi) is 10.9. The molecule has 1 aromatic heterocycles. The van der Waals surface area contributed by atoms with Crippen LogP contribution in [-0.2, 0) is 21.5 Å². The van der Waals surface area contributed by atoms with E-state index in [-0.39, 0.29) is 41.6 Å². The predicted molar refractivity (Wildman–Crippen MR) is 180 cm³/mol. The fourth-order valence-electron chi connectivity index (χ4n) is 5.25. The lowest BCUT2D eigenvalue weighted by Gasteiger charge is -2.25. The molecule has 0 saturated heterocycles. The van der Waals surface area contributed by atoms with E-state index in [4.69, 9.17) is 37.2 Å². The van der Waals surface area contributed by atoms with E-state index in [0.29, 0.717) is 52.9 Å². The minimum atomic E-state index is -4.27. The number of ether oxygens (including phenoxy) is 2. The standard InChI is InChI=1S/C33H33Cl2FN4O7S/c1-20(47-30-9-4-7-26(34)21(30)2)14-31(41)40-11-5-12-46-32-24(6-3-8-29(32)40)23-17-38-39(18-23)19-25-27(35)15-22(16-28(25)36)33(42)37-10-13-48(43,44)45/h3-4,6-9,15-18,20H,5,10-14,19H2,1-2H3,(H,37,42)(H,43,44,45). The minimum Gasteiger partial charge on any atom is -0.491 e. The molecule has 3 aromatic carbocycles. The maximum Gasteiger partial charge on any atom is 0.266 e. The van der Waals surface area contributed by atoms with Crippen molar-refractivity contribution < 1.29 is 36.4 Å². The van der Waals surface area contributed by atoms with Gasteiger partial charge in [0.25, 0.3) is 16.0 Å². The van der Waals surface area contributed by atoms with Crippen molar-refractivity contribution in [3.63, 3.8) is 0 Å². The lowest BCUT2D eigenvalue weighted by atomic mass is 10.1. The van der Waals surface area contributed by atoms with Crippen molar-refractivity contribution in [1.29, 1.82) is 0 Å². The number of benzene rings is 3. The number of halogens is 3. The second-order valence-corrected chi connectivity index (χ2v) is 13.7. The topological polar surface area (TPSA) is 140 Å². The molecule has 15 heteroatoms. The maximum atomic E-state index is 15.1. The summed E-state index contributed by atoms with van der Waals surface area (Å²) < 4.78 is 59.4. The van der Waals surface area contributed by atoms with Crippen molar-refractivity contribution >= 4 is 50.8 Å². The van der Waals surface area contributed by atoms with Crippen molar-refractivity contribution in [1.82, 2.24) is 15.1 Å². The largest absolute Gasteiger partial charge is 0.491 e. The Morgan fingerprint density at radius 2 is 1.94 bits per heavy atom. The zero-order chi connectivity index (χ0) is 34.6. The van der Waals surface area contributed by atoms with Crippen LogP contribution in [0.25, 0.3) is 11.1 Å². The molecule has 1 atom stereocenters. The molecule has 2 amide bonds. The Hall–Kier alpha value is -4.17. The van der Waals surface area contributed by atoms with Crippen molar-refractivity contribution in [2.24, 2.45) is 0 Å². The zero-order valence-corrected chi connectivity index (χ0v) is 28.4. The number of carbonyl (C=O) groups excluding carboxylic acids is 2. The van der Waals surface area contributed by atoms with Gasteiger partial charge in [-0.25, -0.2) is 4.39 Å². The number of aromatic nitrogens is 2. The first-order valence-corrected chi connectivity index (χ1v) is 17.4. The van der Waals surface area contributed by atoms with Crippen LogP contribution in [0.2, 0.25) is 10.0 Å². The van der Waals surface area contributed by atoms with E-state index < -0.39 is 33.7 Å². The van der Waals surface area contributed by atoms with Gasteiger partial charge in [0.15, 0.2) is 5.75 Å². The van der Waals surface area contributed by atoms with Gasteiger partial charge in [-0.15, -0.1) is 0 Å². The molecule has 1 unspecified atom stereocenters. The van der Waals surface area contributed by atoms with E-state index in [1.807, 2.05) is 38.1 Å². The van der Waals surface area contributed by atoms with E-state index >= 15 is 4.39 Å². The van der Waals surface area contributed by atoms with Gasteiger partial charge in [-0.2, -0.15) is 13.5 Å². The summed E-state index contributed by atoms with van der Waals surface area (Å²) >= 11 is 12.6. The van der Waals surface area contributed by atoms with Crippen LogP contribution in [0.4, 0.5) is 10.1 Å². The van der Waals surface area contributed by atoms with Crippen LogP contribution in [0.5, 0.6) is 11.5 Å². The molecule has 0 spiro atoms. The van der Waals surface area contributed by atoms with Gasteiger partial charge in [0, 0.05) is 57.1 Å². The molecule has 0 aliphatic carbocycles. The molecule has 11 nitrogen and oxygen atoms in total. The Morgan fingerprint density at radius 3 is 2.69 bits per heavy atom. The molecule has 5 rings (SSSR count).